The van der Waals surface area contributed by atoms with E-state index >= 15 is 0 Å². The zero-order valence-electron chi connectivity index (χ0n) is 8.73. The van der Waals surface area contributed by atoms with E-state index in [1.807, 2.05) is 25.1 Å². The summed E-state index contributed by atoms with van der Waals surface area (Å²) < 4.78 is 0. The molecule has 0 fully saturated rings. The van der Waals surface area contributed by atoms with Crippen LogP contribution >= 0.6 is 0 Å². The molecule has 0 aromatic heterocycles. The first-order valence-corrected chi connectivity index (χ1v) is 5.15. The van der Waals surface area contributed by atoms with Crippen LogP contribution < -0.4 is 5.43 Å². The highest BCUT2D eigenvalue weighted by molar-refractivity contribution is 6.06. The Labute approximate surface area is 89.2 Å². The number of benzene rings is 1. The molecule has 0 unspecified atom stereocenters. The van der Waals surface area contributed by atoms with E-state index < -0.39 is 0 Å². The number of aryl methyl sites for hydroxylation is 1. The van der Waals surface area contributed by atoms with E-state index in [-0.39, 0.29) is 11.8 Å². The Morgan fingerprint density at radius 2 is 2.07 bits per heavy atom. The van der Waals surface area contributed by atoms with Gasteiger partial charge in [0.15, 0.2) is 0 Å². The van der Waals surface area contributed by atoms with E-state index in [9.17, 15) is 4.79 Å². The van der Waals surface area contributed by atoms with Crippen LogP contribution in [0.5, 0.6) is 0 Å². The van der Waals surface area contributed by atoms with Crippen molar-refractivity contribution in [3.8, 4) is 0 Å². The van der Waals surface area contributed by atoms with Crippen LogP contribution in [0.3, 0.4) is 0 Å². The molecule has 0 spiro atoms. The molecule has 15 heavy (non-hydrogen) atoms. The number of hydrogen-bond donors (Lipinski definition) is 1. The third kappa shape index (κ3) is 2.24. The lowest BCUT2D eigenvalue weighted by molar-refractivity contribution is -0.122. The van der Waals surface area contributed by atoms with Gasteiger partial charge in [0.05, 0.1) is 5.92 Å². The number of carbonyl (C=O) groups excluding carboxylic acids is 1. The number of nitrogens with one attached hydrogen (secondary N) is 1. The van der Waals surface area contributed by atoms with E-state index in [0.29, 0.717) is 0 Å². The Morgan fingerprint density at radius 1 is 1.33 bits per heavy atom. The van der Waals surface area contributed by atoms with Gasteiger partial charge in [-0.3, -0.25) is 4.79 Å². The van der Waals surface area contributed by atoms with Crippen LogP contribution in [0.4, 0.5) is 0 Å². The predicted octanol–water partition coefficient (Wildman–Crippen LogP) is 1.74. The van der Waals surface area contributed by atoms with Gasteiger partial charge < -0.3 is 0 Å². The first-order valence-electron chi connectivity index (χ1n) is 5.15. The lowest BCUT2D eigenvalue weighted by Gasteiger charge is -2.07. The molecule has 1 aromatic rings. The summed E-state index contributed by atoms with van der Waals surface area (Å²) in [4.78, 5) is 11.4. The van der Waals surface area contributed by atoms with E-state index in [0.717, 1.165) is 18.6 Å². The van der Waals surface area contributed by atoms with Crippen molar-refractivity contribution in [2.75, 3.05) is 0 Å². The molecule has 1 aliphatic rings. The topological polar surface area (TPSA) is 41.5 Å². The van der Waals surface area contributed by atoms with E-state index in [1.165, 1.54) is 5.56 Å². The van der Waals surface area contributed by atoms with Crippen LogP contribution in [-0.4, -0.2) is 11.6 Å². The Bertz CT molecular complexity index is 384. The third-order valence-corrected chi connectivity index (χ3v) is 2.73. The van der Waals surface area contributed by atoms with Crippen LogP contribution in [0.25, 0.3) is 0 Å². The minimum atomic E-state index is -0.0368. The highest BCUT2D eigenvalue weighted by Crippen LogP contribution is 2.15. The van der Waals surface area contributed by atoms with Crippen molar-refractivity contribution in [2.45, 2.75) is 19.8 Å². The van der Waals surface area contributed by atoms with Crippen LogP contribution in [-0.2, 0) is 11.2 Å². The molecule has 1 amide bonds. The standard InChI is InChI=1S/C12H14N2O/c1-9-11(12(15)14-13-9)8-7-10-5-3-2-4-6-10/h2-6,11H,7-8H2,1H3,(H,14,15)/t11-/m0/s1. The van der Waals surface area contributed by atoms with Crippen LogP contribution in [0.1, 0.15) is 18.9 Å². The molecule has 0 radical (unpaired) electrons. The summed E-state index contributed by atoms with van der Waals surface area (Å²) in [6, 6.07) is 10.2. The fraction of sp³-hybridized carbons (Fsp3) is 0.333. The average Bonchev–Trinajstić information content (AvgIpc) is 2.58. The minimum absolute atomic E-state index is 0.0310. The normalized spacial score (nSPS) is 19.9. The molecule has 3 heteroatoms. The zero-order chi connectivity index (χ0) is 10.7. The molecule has 1 atom stereocenters. The summed E-state index contributed by atoms with van der Waals surface area (Å²) in [6.07, 6.45) is 1.76. The van der Waals surface area contributed by atoms with Crippen molar-refractivity contribution in [2.24, 2.45) is 11.0 Å². The average molecular weight is 202 g/mol. The number of amides is 1. The predicted molar refractivity (Wildman–Crippen MR) is 59.5 cm³/mol. The summed E-state index contributed by atoms with van der Waals surface area (Å²) in [6.45, 7) is 1.90. The SMILES string of the molecule is CC1=NNC(=O)[C@H]1CCc1ccccc1. The van der Waals surface area contributed by atoms with Crippen molar-refractivity contribution < 1.29 is 4.79 Å². The van der Waals surface area contributed by atoms with E-state index in [2.05, 4.69) is 22.7 Å². The number of nitrogens with zero attached hydrogens (tertiary/aromatic N) is 1. The van der Waals surface area contributed by atoms with Crippen LogP contribution in [0, 0.1) is 5.92 Å². The molecule has 78 valence electrons. The Kier molecular flexibility index (Phi) is 2.81. The highest BCUT2D eigenvalue weighted by atomic mass is 16.2. The van der Waals surface area contributed by atoms with E-state index in [4.69, 9.17) is 0 Å². The van der Waals surface area contributed by atoms with Crippen LogP contribution in [0.2, 0.25) is 0 Å². The van der Waals surface area contributed by atoms with Crippen molar-refractivity contribution in [3.05, 3.63) is 35.9 Å². The lowest BCUT2D eigenvalue weighted by Crippen LogP contribution is -2.22. The molecular formula is C12H14N2O. The summed E-state index contributed by atoms with van der Waals surface area (Å²) in [5, 5.41) is 3.93. The maximum atomic E-state index is 11.4. The number of hydrazone groups is 1. The Balaban J connectivity index is 1.94. The summed E-state index contributed by atoms with van der Waals surface area (Å²) in [5.41, 5.74) is 4.67. The van der Waals surface area contributed by atoms with Gasteiger partial charge in [-0.1, -0.05) is 30.3 Å². The van der Waals surface area contributed by atoms with Gasteiger partial charge in [-0.05, 0) is 25.3 Å². The molecule has 1 N–H and O–H groups in total. The quantitative estimate of drug-likeness (QED) is 0.797. The van der Waals surface area contributed by atoms with Crippen LogP contribution in [0.15, 0.2) is 35.4 Å². The van der Waals surface area contributed by atoms with Gasteiger partial charge in [0, 0.05) is 5.71 Å². The van der Waals surface area contributed by atoms with Gasteiger partial charge in [-0.25, -0.2) is 5.43 Å². The maximum absolute atomic E-state index is 11.4. The zero-order valence-corrected chi connectivity index (χ0v) is 8.73. The van der Waals surface area contributed by atoms with Gasteiger partial charge >= 0.3 is 0 Å². The molecule has 0 aliphatic carbocycles. The van der Waals surface area contributed by atoms with Gasteiger partial charge in [0.25, 0.3) is 0 Å². The van der Waals surface area contributed by atoms with Crippen molar-refractivity contribution >= 4 is 11.6 Å². The summed E-state index contributed by atoms with van der Waals surface area (Å²) in [7, 11) is 0. The van der Waals surface area contributed by atoms with Gasteiger partial charge in [-0.2, -0.15) is 5.10 Å². The fourth-order valence-electron chi connectivity index (χ4n) is 1.78. The van der Waals surface area contributed by atoms with Gasteiger partial charge in [0.2, 0.25) is 5.91 Å². The molecule has 3 nitrogen and oxygen atoms in total. The van der Waals surface area contributed by atoms with E-state index in [1.54, 1.807) is 0 Å². The van der Waals surface area contributed by atoms with Crippen molar-refractivity contribution in [3.63, 3.8) is 0 Å². The molecule has 0 saturated heterocycles. The second kappa shape index (κ2) is 4.26. The number of hydrogen-bond acceptors (Lipinski definition) is 2. The largest absolute Gasteiger partial charge is 0.272 e. The number of carbonyl (C=O) groups is 1. The highest BCUT2D eigenvalue weighted by Gasteiger charge is 2.25. The molecular weight excluding hydrogens is 188 g/mol. The summed E-state index contributed by atoms with van der Waals surface area (Å²) >= 11 is 0. The first kappa shape index (κ1) is 9.90. The Morgan fingerprint density at radius 3 is 2.67 bits per heavy atom. The maximum Gasteiger partial charge on any atom is 0.248 e. The molecule has 0 bridgehead atoms. The summed E-state index contributed by atoms with van der Waals surface area (Å²) in [5.74, 6) is -0.00589. The monoisotopic (exact) mass is 202 g/mol. The fourth-order valence-corrected chi connectivity index (χ4v) is 1.78. The van der Waals surface area contributed by atoms with Crippen molar-refractivity contribution in [1.29, 1.82) is 0 Å². The third-order valence-electron chi connectivity index (χ3n) is 2.73. The molecule has 1 aliphatic heterocycles. The molecule has 1 heterocycles. The van der Waals surface area contributed by atoms with Crippen molar-refractivity contribution in [1.82, 2.24) is 5.43 Å². The second-order valence-electron chi connectivity index (χ2n) is 3.81. The smallest absolute Gasteiger partial charge is 0.248 e. The first-order chi connectivity index (χ1) is 7.27. The van der Waals surface area contributed by atoms with Gasteiger partial charge in [0.1, 0.15) is 0 Å². The lowest BCUT2D eigenvalue weighted by atomic mass is 9.96. The minimum Gasteiger partial charge on any atom is -0.272 e. The van der Waals surface area contributed by atoms with Gasteiger partial charge in [-0.15, -0.1) is 0 Å². The number of rotatable bonds is 3. The Hall–Kier alpha value is -1.64. The molecule has 2 rings (SSSR count). The molecule has 0 saturated carbocycles. The molecule has 1 aromatic carbocycles. The second-order valence-corrected chi connectivity index (χ2v) is 3.81.